The Morgan fingerprint density at radius 2 is 1.86 bits per heavy atom. The summed E-state index contributed by atoms with van der Waals surface area (Å²) >= 11 is 0. The maximum Gasteiger partial charge on any atom is 0.246 e. The van der Waals surface area contributed by atoms with E-state index in [9.17, 15) is 14.4 Å². The fourth-order valence-corrected chi connectivity index (χ4v) is 5.41. The molecule has 0 radical (unpaired) electrons. The maximum atomic E-state index is 13.9. The molecule has 3 rings (SSSR count). The molecule has 0 bridgehead atoms. The topological polar surface area (TPSA) is 117 Å². The van der Waals surface area contributed by atoms with Crippen molar-refractivity contribution in [2.24, 2.45) is 11.7 Å². The monoisotopic (exact) mass is 515 g/mol. The molecule has 4 N–H and O–H groups in total. The molecule has 206 valence electrons. The molecular weight excluding hydrogens is 470 g/mol. The van der Waals surface area contributed by atoms with Crippen molar-refractivity contribution in [1.82, 2.24) is 20.4 Å². The Bertz CT molecular complexity index is 908. The first kappa shape index (κ1) is 28.9. The maximum absolute atomic E-state index is 13.9. The Kier molecular flexibility index (Phi) is 10.8. The molecule has 5 atom stereocenters. The van der Waals surface area contributed by atoms with Gasteiger partial charge in [-0.1, -0.05) is 26.0 Å². The average molecular weight is 516 g/mol. The molecule has 9 nitrogen and oxygen atoms in total. The van der Waals surface area contributed by atoms with Gasteiger partial charge in [0, 0.05) is 12.6 Å². The highest BCUT2D eigenvalue weighted by Crippen LogP contribution is 2.35. The van der Waals surface area contributed by atoms with E-state index in [1.165, 1.54) is 0 Å². The van der Waals surface area contributed by atoms with Gasteiger partial charge in [0.2, 0.25) is 17.7 Å². The van der Waals surface area contributed by atoms with Gasteiger partial charge in [-0.25, -0.2) is 0 Å². The molecule has 2 heterocycles. The highest BCUT2D eigenvalue weighted by Gasteiger charge is 2.47. The summed E-state index contributed by atoms with van der Waals surface area (Å²) in [5.41, 5.74) is 7.10. The summed E-state index contributed by atoms with van der Waals surface area (Å²) in [5, 5.41) is 6.02. The number of amides is 3. The molecule has 2 fully saturated rings. The van der Waals surface area contributed by atoms with E-state index >= 15 is 0 Å². The van der Waals surface area contributed by atoms with Crippen molar-refractivity contribution < 1.29 is 19.1 Å². The highest BCUT2D eigenvalue weighted by molar-refractivity contribution is 5.94. The van der Waals surface area contributed by atoms with Crippen LogP contribution in [-0.4, -0.2) is 85.5 Å². The number of carbonyl (C=O) groups excluding carboxylic acids is 3. The van der Waals surface area contributed by atoms with E-state index < -0.39 is 18.1 Å². The molecule has 1 aromatic rings. The van der Waals surface area contributed by atoms with E-state index in [4.69, 9.17) is 10.5 Å². The molecule has 1 aromatic carbocycles. The molecule has 0 aliphatic carbocycles. The van der Waals surface area contributed by atoms with E-state index in [2.05, 4.69) is 29.5 Å². The lowest BCUT2D eigenvalue weighted by atomic mass is 9.90. The minimum Gasteiger partial charge on any atom is -0.497 e. The minimum atomic E-state index is -0.659. The second kappa shape index (κ2) is 13.8. The number of hydrogen-bond acceptors (Lipinski definition) is 6. The molecule has 9 heteroatoms. The van der Waals surface area contributed by atoms with Crippen LogP contribution in [0.3, 0.4) is 0 Å². The van der Waals surface area contributed by atoms with Crippen molar-refractivity contribution in [3.63, 3.8) is 0 Å². The Morgan fingerprint density at radius 3 is 2.51 bits per heavy atom. The fraction of sp³-hybridized carbons (Fsp3) is 0.679. The zero-order valence-corrected chi connectivity index (χ0v) is 22.9. The predicted octanol–water partition coefficient (Wildman–Crippen LogP) is 1.69. The van der Waals surface area contributed by atoms with Crippen LogP contribution in [0.25, 0.3) is 0 Å². The van der Waals surface area contributed by atoms with E-state index in [1.54, 1.807) is 12.0 Å². The smallest absolute Gasteiger partial charge is 0.246 e. The molecule has 2 unspecified atom stereocenters. The van der Waals surface area contributed by atoms with Crippen LogP contribution in [0, 0.1) is 5.92 Å². The molecular formula is C28H45N5O4. The summed E-state index contributed by atoms with van der Waals surface area (Å²) in [7, 11) is 3.69. The summed E-state index contributed by atoms with van der Waals surface area (Å²) in [6.07, 6.45) is 5.13. The molecule has 37 heavy (non-hydrogen) atoms. The summed E-state index contributed by atoms with van der Waals surface area (Å²) in [5.74, 6) is 0.248. The molecule has 2 aliphatic rings. The lowest BCUT2D eigenvalue weighted by Crippen LogP contribution is -2.58. The lowest BCUT2D eigenvalue weighted by molar-refractivity contribution is -0.143. The summed E-state index contributed by atoms with van der Waals surface area (Å²) < 4.78 is 5.20. The Hall–Kier alpha value is -2.65. The van der Waals surface area contributed by atoms with Crippen molar-refractivity contribution in [2.75, 3.05) is 33.8 Å². The van der Waals surface area contributed by atoms with Crippen LogP contribution >= 0.6 is 0 Å². The Balaban J connectivity index is 1.69. The highest BCUT2D eigenvalue weighted by atomic mass is 16.5. The largest absolute Gasteiger partial charge is 0.497 e. The van der Waals surface area contributed by atoms with Crippen molar-refractivity contribution in [1.29, 1.82) is 0 Å². The number of nitrogens with one attached hydrogen (secondary N) is 2. The van der Waals surface area contributed by atoms with Crippen LogP contribution in [0.15, 0.2) is 24.3 Å². The first-order valence-corrected chi connectivity index (χ1v) is 13.8. The number of hydrogen-bond donors (Lipinski definition) is 3. The quantitative estimate of drug-likeness (QED) is 0.390. The van der Waals surface area contributed by atoms with Crippen LogP contribution in [0.4, 0.5) is 0 Å². The minimum absolute atomic E-state index is 0.0129. The van der Waals surface area contributed by atoms with Gasteiger partial charge in [0.05, 0.1) is 13.2 Å². The van der Waals surface area contributed by atoms with Gasteiger partial charge in [-0.3, -0.25) is 14.4 Å². The van der Waals surface area contributed by atoms with Crippen LogP contribution in [0.2, 0.25) is 0 Å². The van der Waals surface area contributed by atoms with E-state index in [0.717, 1.165) is 50.1 Å². The normalized spacial score (nSPS) is 24.4. The van der Waals surface area contributed by atoms with Gasteiger partial charge < -0.3 is 30.9 Å². The SMILES string of the molecule is CC[C@H](N)C(=O)NC1C(=O)N2C(CC[C@@H]1CCN(C)CC)CC[C@H]2C(=O)NCCc1ccc(OC)cc1. The van der Waals surface area contributed by atoms with Crippen LogP contribution in [0.1, 0.15) is 57.9 Å². The van der Waals surface area contributed by atoms with Gasteiger partial charge in [-0.15, -0.1) is 0 Å². The summed E-state index contributed by atoms with van der Waals surface area (Å²) in [4.78, 5) is 43.9. The first-order valence-electron chi connectivity index (χ1n) is 13.8. The average Bonchev–Trinajstić information content (AvgIpc) is 3.30. The number of carbonyl (C=O) groups is 3. The molecule has 0 saturated carbocycles. The summed E-state index contributed by atoms with van der Waals surface area (Å²) in [6.45, 7) is 6.22. The van der Waals surface area contributed by atoms with Crippen molar-refractivity contribution in [3.8, 4) is 5.75 Å². The standard InChI is InChI=1S/C28H45N5O4/c1-5-23(29)26(34)31-25-20(16-18-32(3)6-2)9-10-21-11-14-24(33(21)28(25)36)27(35)30-17-15-19-7-12-22(37-4)13-8-19/h7-8,12-13,20-21,23-25H,5-6,9-11,14-18,29H2,1-4H3,(H,30,35)(H,31,34)/t20-,21?,23+,24+,25?/m1/s1. The van der Waals surface area contributed by atoms with Crippen molar-refractivity contribution in [2.45, 2.75) is 83.0 Å². The number of methoxy groups -OCH3 is 1. The zero-order chi connectivity index (χ0) is 26.9. The molecule has 2 saturated heterocycles. The van der Waals surface area contributed by atoms with Gasteiger partial charge in [0.25, 0.3) is 0 Å². The number of nitrogens with two attached hydrogens (primary N) is 1. The van der Waals surface area contributed by atoms with Gasteiger partial charge in [-0.2, -0.15) is 0 Å². The third-order valence-corrected chi connectivity index (χ3v) is 8.04. The Morgan fingerprint density at radius 1 is 1.16 bits per heavy atom. The second-order valence-electron chi connectivity index (χ2n) is 10.4. The van der Waals surface area contributed by atoms with Gasteiger partial charge >= 0.3 is 0 Å². The van der Waals surface area contributed by atoms with E-state index in [1.807, 2.05) is 31.2 Å². The molecule has 0 spiro atoms. The van der Waals surface area contributed by atoms with Gasteiger partial charge in [0.15, 0.2) is 0 Å². The number of ether oxygens (including phenoxy) is 1. The number of fused-ring (bicyclic) bond motifs is 1. The van der Waals surface area contributed by atoms with E-state index in [0.29, 0.717) is 25.8 Å². The van der Waals surface area contributed by atoms with Crippen molar-refractivity contribution in [3.05, 3.63) is 29.8 Å². The molecule has 0 aromatic heterocycles. The second-order valence-corrected chi connectivity index (χ2v) is 10.4. The first-order chi connectivity index (χ1) is 17.8. The third kappa shape index (κ3) is 7.45. The number of benzene rings is 1. The van der Waals surface area contributed by atoms with Crippen LogP contribution in [-0.2, 0) is 20.8 Å². The Labute approximate surface area is 221 Å². The third-order valence-electron chi connectivity index (χ3n) is 8.04. The fourth-order valence-electron chi connectivity index (χ4n) is 5.41. The van der Waals surface area contributed by atoms with Gasteiger partial charge in [-0.05, 0) is 88.7 Å². The number of rotatable bonds is 12. The van der Waals surface area contributed by atoms with Crippen molar-refractivity contribution >= 4 is 17.7 Å². The lowest BCUT2D eigenvalue weighted by Gasteiger charge is -2.33. The number of nitrogens with zero attached hydrogens (tertiary/aromatic N) is 2. The van der Waals surface area contributed by atoms with E-state index in [-0.39, 0.29) is 29.7 Å². The van der Waals surface area contributed by atoms with Gasteiger partial charge in [0.1, 0.15) is 17.8 Å². The predicted molar refractivity (Wildman–Crippen MR) is 144 cm³/mol. The van der Waals surface area contributed by atoms with Crippen LogP contribution < -0.4 is 21.1 Å². The zero-order valence-electron chi connectivity index (χ0n) is 22.9. The van der Waals surface area contributed by atoms with Crippen LogP contribution in [0.5, 0.6) is 5.75 Å². The summed E-state index contributed by atoms with van der Waals surface area (Å²) in [6, 6.07) is 5.99. The molecule has 3 amide bonds. The molecule has 2 aliphatic heterocycles.